The fourth-order valence-electron chi connectivity index (χ4n) is 2.01. The van der Waals surface area contributed by atoms with Crippen LogP contribution in [-0.2, 0) is 11.9 Å². The smallest absolute Gasteiger partial charge is 0.271 e. The monoisotopic (exact) mass is 416 g/mol. The van der Waals surface area contributed by atoms with E-state index in [1.807, 2.05) is 10.6 Å². The maximum Gasteiger partial charge on any atom is 0.271 e. The third-order valence-corrected chi connectivity index (χ3v) is 3.81. The molecule has 0 spiro atoms. The Labute approximate surface area is 139 Å². The van der Waals surface area contributed by atoms with Gasteiger partial charge in [0.15, 0.2) is 5.82 Å². The Morgan fingerprint density at radius 3 is 2.62 bits per heavy atom. The van der Waals surface area contributed by atoms with E-state index >= 15 is 0 Å². The lowest BCUT2D eigenvalue weighted by atomic mass is 10.1. The topological polar surface area (TPSA) is 73.8 Å². The summed E-state index contributed by atoms with van der Waals surface area (Å²) in [4.78, 5) is 10.6. The van der Waals surface area contributed by atoms with Crippen LogP contribution in [0.1, 0.15) is 19.7 Å². The van der Waals surface area contributed by atoms with Crippen LogP contribution in [-0.4, -0.2) is 19.7 Å². The zero-order valence-electron chi connectivity index (χ0n) is 11.6. The minimum atomic E-state index is -0.414. The van der Waals surface area contributed by atoms with E-state index < -0.39 is 4.92 Å². The number of nitrogens with zero attached hydrogens (tertiary/aromatic N) is 4. The molecule has 0 aliphatic carbocycles. The average molecular weight is 418 g/mol. The molecule has 2 aromatic rings. The van der Waals surface area contributed by atoms with Crippen LogP contribution in [0.2, 0.25) is 0 Å². The molecule has 0 radical (unpaired) electrons. The Balaban J connectivity index is 2.56. The third-order valence-electron chi connectivity index (χ3n) is 2.85. The van der Waals surface area contributed by atoms with Crippen molar-refractivity contribution < 1.29 is 4.92 Å². The zero-order chi connectivity index (χ0) is 15.6. The largest absolute Gasteiger partial charge is 0.310 e. The van der Waals surface area contributed by atoms with Crippen LogP contribution in [0.5, 0.6) is 0 Å². The van der Waals surface area contributed by atoms with E-state index in [1.54, 1.807) is 0 Å². The second-order valence-corrected chi connectivity index (χ2v) is 6.51. The number of hydrogen-bond donors (Lipinski definition) is 0. The van der Waals surface area contributed by atoms with Crippen LogP contribution in [0.25, 0.3) is 11.4 Å². The van der Waals surface area contributed by atoms with E-state index in [9.17, 15) is 10.1 Å². The van der Waals surface area contributed by atoms with Gasteiger partial charge in [-0.1, -0.05) is 45.7 Å². The van der Waals surface area contributed by atoms with E-state index in [4.69, 9.17) is 0 Å². The van der Waals surface area contributed by atoms with Crippen LogP contribution in [0, 0.1) is 16.0 Å². The highest BCUT2D eigenvalue weighted by molar-refractivity contribution is 9.10. The minimum Gasteiger partial charge on any atom is -0.310 e. The number of nitro benzene ring substituents is 1. The fraction of sp³-hybridized carbons (Fsp3) is 0.385. The molecule has 0 fully saturated rings. The van der Waals surface area contributed by atoms with Crippen molar-refractivity contribution >= 4 is 37.5 Å². The first-order valence-electron chi connectivity index (χ1n) is 6.35. The molecule has 0 aliphatic heterocycles. The van der Waals surface area contributed by atoms with Gasteiger partial charge in [0.25, 0.3) is 5.69 Å². The molecule has 6 nitrogen and oxygen atoms in total. The van der Waals surface area contributed by atoms with Gasteiger partial charge in [-0.15, -0.1) is 10.2 Å². The molecule has 8 heteroatoms. The molecule has 1 aromatic heterocycles. The van der Waals surface area contributed by atoms with Gasteiger partial charge in [-0.2, -0.15) is 0 Å². The van der Waals surface area contributed by atoms with Gasteiger partial charge in [0.05, 0.1) is 10.3 Å². The fourth-order valence-corrected chi connectivity index (χ4v) is 2.91. The highest BCUT2D eigenvalue weighted by Crippen LogP contribution is 2.28. The number of aromatic nitrogens is 3. The first-order chi connectivity index (χ1) is 9.92. The van der Waals surface area contributed by atoms with Gasteiger partial charge in [0.2, 0.25) is 0 Å². The van der Waals surface area contributed by atoms with Crippen molar-refractivity contribution in [1.82, 2.24) is 14.8 Å². The van der Waals surface area contributed by atoms with E-state index in [-0.39, 0.29) is 5.69 Å². The van der Waals surface area contributed by atoms with E-state index in [1.165, 1.54) is 12.1 Å². The molecule has 0 bridgehead atoms. The van der Waals surface area contributed by atoms with Crippen molar-refractivity contribution in [2.75, 3.05) is 0 Å². The molecule has 0 amide bonds. The predicted octanol–water partition coefficient (Wildman–Crippen LogP) is 4.17. The van der Waals surface area contributed by atoms with Gasteiger partial charge in [-0.05, 0) is 12.0 Å². The van der Waals surface area contributed by atoms with Gasteiger partial charge >= 0.3 is 0 Å². The summed E-state index contributed by atoms with van der Waals surface area (Å²) in [5, 5.41) is 19.9. The lowest BCUT2D eigenvalue weighted by Gasteiger charge is -2.12. The van der Waals surface area contributed by atoms with E-state index in [2.05, 4.69) is 55.9 Å². The summed E-state index contributed by atoms with van der Waals surface area (Å²) in [6.45, 7) is 4.96. The summed E-state index contributed by atoms with van der Waals surface area (Å²) >= 11 is 6.70. The number of alkyl halides is 1. The molecular weight excluding hydrogens is 404 g/mol. The van der Waals surface area contributed by atoms with Gasteiger partial charge in [0.1, 0.15) is 5.82 Å². The summed E-state index contributed by atoms with van der Waals surface area (Å²) in [7, 11) is 0. The number of nitro groups is 1. The first kappa shape index (κ1) is 16.1. The van der Waals surface area contributed by atoms with E-state index in [0.717, 1.165) is 12.4 Å². The lowest BCUT2D eigenvalue weighted by Crippen LogP contribution is -2.09. The average Bonchev–Trinajstić information content (AvgIpc) is 2.80. The minimum absolute atomic E-state index is 0.0267. The predicted molar refractivity (Wildman–Crippen MR) is 87.3 cm³/mol. The van der Waals surface area contributed by atoms with Gasteiger partial charge in [-0.3, -0.25) is 10.1 Å². The van der Waals surface area contributed by atoms with Crippen LogP contribution < -0.4 is 0 Å². The van der Waals surface area contributed by atoms with Gasteiger partial charge in [0, 0.05) is 28.7 Å². The van der Waals surface area contributed by atoms with Crippen molar-refractivity contribution in [3.63, 3.8) is 0 Å². The Hall–Kier alpha value is -1.28. The molecule has 0 saturated heterocycles. The van der Waals surface area contributed by atoms with Crippen LogP contribution >= 0.6 is 31.9 Å². The summed E-state index contributed by atoms with van der Waals surface area (Å²) in [6, 6.07) is 4.80. The lowest BCUT2D eigenvalue weighted by molar-refractivity contribution is -0.384. The second-order valence-electron chi connectivity index (χ2n) is 5.03. The van der Waals surface area contributed by atoms with Crippen molar-refractivity contribution in [2.45, 2.75) is 25.7 Å². The molecule has 2 rings (SSSR count). The molecule has 0 N–H and O–H groups in total. The summed E-state index contributed by atoms with van der Waals surface area (Å²) < 4.78 is 2.64. The molecular formula is C13H14Br2N4O2. The maximum absolute atomic E-state index is 11.0. The number of halogens is 2. The molecule has 0 unspecified atom stereocenters. The van der Waals surface area contributed by atoms with Gasteiger partial charge < -0.3 is 4.57 Å². The summed E-state index contributed by atoms with van der Waals surface area (Å²) in [5.74, 6) is 1.86. The highest BCUT2D eigenvalue weighted by atomic mass is 79.9. The number of non-ortho nitro benzene ring substituents is 1. The molecule has 1 heterocycles. The molecule has 0 aliphatic rings. The number of benzene rings is 1. The maximum atomic E-state index is 11.0. The third kappa shape index (κ3) is 3.68. The van der Waals surface area contributed by atoms with Crippen molar-refractivity contribution in [1.29, 1.82) is 0 Å². The molecule has 112 valence electrons. The summed E-state index contributed by atoms with van der Waals surface area (Å²) in [5.41, 5.74) is 0.704. The quantitative estimate of drug-likeness (QED) is 0.415. The van der Waals surface area contributed by atoms with Crippen molar-refractivity contribution in [3.8, 4) is 11.4 Å². The van der Waals surface area contributed by atoms with E-state index in [0.29, 0.717) is 27.1 Å². The SMILES string of the molecule is CC(C)Cn1c(CBr)nnc1-c1cc(Br)cc([N+](=O)[O-])c1. The number of rotatable bonds is 5. The van der Waals surface area contributed by atoms with Crippen molar-refractivity contribution in [2.24, 2.45) is 5.92 Å². The van der Waals surface area contributed by atoms with Crippen LogP contribution in [0.4, 0.5) is 5.69 Å². The normalized spacial score (nSPS) is 11.1. The molecule has 0 saturated carbocycles. The first-order valence-corrected chi connectivity index (χ1v) is 8.27. The van der Waals surface area contributed by atoms with Crippen molar-refractivity contribution in [3.05, 3.63) is 38.6 Å². The standard InChI is InChI=1S/C13H14Br2N4O2/c1-8(2)7-18-12(6-14)16-17-13(18)9-3-10(15)5-11(4-9)19(20)21/h3-5,8H,6-7H2,1-2H3. The summed E-state index contributed by atoms with van der Waals surface area (Å²) in [6.07, 6.45) is 0. The van der Waals surface area contributed by atoms with Gasteiger partial charge in [-0.25, -0.2) is 0 Å². The van der Waals surface area contributed by atoms with Crippen LogP contribution in [0.15, 0.2) is 22.7 Å². The number of hydrogen-bond acceptors (Lipinski definition) is 4. The zero-order valence-corrected chi connectivity index (χ0v) is 14.8. The Morgan fingerprint density at radius 2 is 2.05 bits per heavy atom. The van der Waals surface area contributed by atoms with Crippen LogP contribution in [0.3, 0.4) is 0 Å². The Bertz CT molecular complexity index is 670. The molecule has 0 atom stereocenters. The molecule has 21 heavy (non-hydrogen) atoms. The Morgan fingerprint density at radius 1 is 1.33 bits per heavy atom. The second kappa shape index (κ2) is 6.65. The molecule has 1 aromatic carbocycles. The highest BCUT2D eigenvalue weighted by Gasteiger charge is 2.17. The Kier molecular flexibility index (Phi) is 5.10.